The molecule has 0 N–H and O–H groups in total. The molecule has 0 fully saturated rings. The molecule has 0 unspecified atom stereocenters. The molecular weight excluding hydrogens is 174 g/mol. The van der Waals surface area contributed by atoms with E-state index in [9.17, 15) is 4.79 Å². The molecule has 1 aromatic heterocycles. The number of aldehydes is 1. The van der Waals surface area contributed by atoms with Gasteiger partial charge in [-0.3, -0.25) is 4.79 Å². The number of carbonyl (C=O) groups is 1. The first kappa shape index (κ1) is 10.8. The van der Waals surface area contributed by atoms with E-state index < -0.39 is 0 Å². The van der Waals surface area contributed by atoms with Gasteiger partial charge in [0.25, 0.3) is 0 Å². The molecule has 2 nitrogen and oxygen atoms in total. The van der Waals surface area contributed by atoms with E-state index >= 15 is 0 Å². The van der Waals surface area contributed by atoms with Crippen molar-refractivity contribution in [2.24, 2.45) is 5.92 Å². The molecule has 14 heavy (non-hydrogen) atoms. The number of aryl methyl sites for hydroxylation is 1. The number of carbonyl (C=O) groups excluding carboxylic acids is 1. The van der Waals surface area contributed by atoms with Gasteiger partial charge in [-0.1, -0.05) is 13.8 Å². The van der Waals surface area contributed by atoms with E-state index in [0.29, 0.717) is 0 Å². The normalized spacial score (nSPS) is 12.1. The highest BCUT2D eigenvalue weighted by atomic mass is 16.1. The number of allylic oxidation sites excluding steroid dienone is 1. The molecule has 1 rings (SSSR count). The zero-order valence-electron chi connectivity index (χ0n) is 9.03. The van der Waals surface area contributed by atoms with Gasteiger partial charge in [0.1, 0.15) is 6.29 Å². The number of aromatic nitrogens is 1. The van der Waals surface area contributed by atoms with E-state index in [1.165, 1.54) is 0 Å². The fourth-order valence-corrected chi connectivity index (χ4v) is 1.27. The van der Waals surface area contributed by atoms with Crippen molar-refractivity contribution in [3.63, 3.8) is 0 Å². The first-order chi connectivity index (χ1) is 6.67. The Labute approximate surface area is 85.2 Å². The summed E-state index contributed by atoms with van der Waals surface area (Å²) >= 11 is 0. The number of hydrogen-bond acceptors (Lipinski definition) is 1. The Morgan fingerprint density at radius 1 is 1.57 bits per heavy atom. The highest BCUT2D eigenvalue weighted by Gasteiger charge is 2.01. The molecule has 2 heteroatoms. The van der Waals surface area contributed by atoms with Crippen LogP contribution >= 0.6 is 0 Å². The van der Waals surface area contributed by atoms with Gasteiger partial charge in [0.05, 0.1) is 0 Å². The Morgan fingerprint density at radius 3 is 2.71 bits per heavy atom. The Balaban J connectivity index is 2.88. The van der Waals surface area contributed by atoms with Crippen LogP contribution in [0.5, 0.6) is 0 Å². The fraction of sp³-hybridized carbons (Fsp3) is 0.417. The SMILES string of the molecule is CCn1ccc(C=C(C=O)C(C)C)c1. The molecule has 1 heterocycles. The second kappa shape index (κ2) is 4.80. The second-order valence-corrected chi connectivity index (χ2v) is 3.69. The summed E-state index contributed by atoms with van der Waals surface area (Å²) < 4.78 is 2.09. The molecule has 0 aliphatic rings. The van der Waals surface area contributed by atoms with E-state index in [2.05, 4.69) is 11.5 Å². The van der Waals surface area contributed by atoms with Crippen molar-refractivity contribution < 1.29 is 4.79 Å². The summed E-state index contributed by atoms with van der Waals surface area (Å²) in [7, 11) is 0. The van der Waals surface area contributed by atoms with Crippen molar-refractivity contribution in [3.8, 4) is 0 Å². The Kier molecular flexibility index (Phi) is 3.69. The summed E-state index contributed by atoms with van der Waals surface area (Å²) in [6.07, 6.45) is 6.96. The zero-order valence-corrected chi connectivity index (χ0v) is 9.03. The van der Waals surface area contributed by atoms with Crippen molar-refractivity contribution in [1.29, 1.82) is 0 Å². The Bertz CT molecular complexity index is 334. The summed E-state index contributed by atoms with van der Waals surface area (Å²) in [6.45, 7) is 7.11. The highest BCUT2D eigenvalue weighted by molar-refractivity contribution is 5.82. The minimum absolute atomic E-state index is 0.289. The van der Waals surface area contributed by atoms with Gasteiger partial charge in [-0.05, 0) is 36.1 Å². The van der Waals surface area contributed by atoms with Gasteiger partial charge < -0.3 is 4.57 Å². The molecule has 0 aromatic carbocycles. The smallest absolute Gasteiger partial charge is 0.146 e. The van der Waals surface area contributed by atoms with Gasteiger partial charge in [-0.2, -0.15) is 0 Å². The predicted octanol–water partition coefficient (Wildman–Crippen LogP) is 2.75. The van der Waals surface area contributed by atoms with Crippen LogP contribution in [0.15, 0.2) is 24.0 Å². The van der Waals surface area contributed by atoms with Crippen molar-refractivity contribution in [2.45, 2.75) is 27.3 Å². The van der Waals surface area contributed by atoms with Crippen LogP contribution in [0.3, 0.4) is 0 Å². The molecule has 1 aromatic rings. The van der Waals surface area contributed by atoms with Crippen LogP contribution in [0.25, 0.3) is 6.08 Å². The molecule has 0 radical (unpaired) electrons. The average Bonchev–Trinajstić information content (AvgIpc) is 2.61. The molecular formula is C12H17NO. The monoisotopic (exact) mass is 191 g/mol. The van der Waals surface area contributed by atoms with E-state index in [4.69, 9.17) is 0 Å². The minimum Gasteiger partial charge on any atom is -0.354 e. The predicted molar refractivity (Wildman–Crippen MR) is 59.0 cm³/mol. The van der Waals surface area contributed by atoms with Crippen molar-refractivity contribution >= 4 is 12.4 Å². The molecule has 0 amide bonds. The van der Waals surface area contributed by atoms with Gasteiger partial charge in [0, 0.05) is 18.9 Å². The first-order valence-electron chi connectivity index (χ1n) is 5.00. The maximum Gasteiger partial charge on any atom is 0.146 e. The summed E-state index contributed by atoms with van der Waals surface area (Å²) in [4.78, 5) is 10.8. The Hall–Kier alpha value is -1.31. The maximum absolute atomic E-state index is 10.8. The van der Waals surface area contributed by atoms with Gasteiger partial charge in [0.15, 0.2) is 0 Å². The molecule has 0 aliphatic carbocycles. The minimum atomic E-state index is 0.289. The van der Waals surface area contributed by atoms with Crippen LogP contribution in [0.4, 0.5) is 0 Å². The first-order valence-corrected chi connectivity index (χ1v) is 5.00. The number of nitrogens with zero attached hydrogens (tertiary/aromatic N) is 1. The van der Waals surface area contributed by atoms with Crippen molar-refractivity contribution in [3.05, 3.63) is 29.6 Å². The zero-order chi connectivity index (χ0) is 10.6. The van der Waals surface area contributed by atoms with Gasteiger partial charge in [-0.25, -0.2) is 0 Å². The fourth-order valence-electron chi connectivity index (χ4n) is 1.27. The summed E-state index contributed by atoms with van der Waals surface area (Å²) in [5.41, 5.74) is 1.95. The lowest BCUT2D eigenvalue weighted by Gasteiger charge is -2.01. The van der Waals surface area contributed by atoms with Crippen LogP contribution in [0.1, 0.15) is 26.3 Å². The van der Waals surface area contributed by atoms with Crippen LogP contribution in [-0.2, 0) is 11.3 Å². The van der Waals surface area contributed by atoms with E-state index in [0.717, 1.165) is 24.0 Å². The largest absolute Gasteiger partial charge is 0.354 e. The number of hydrogen-bond donors (Lipinski definition) is 0. The molecule has 0 atom stereocenters. The summed E-state index contributed by atoms with van der Waals surface area (Å²) in [5, 5.41) is 0. The third kappa shape index (κ3) is 2.59. The molecule has 0 bridgehead atoms. The number of rotatable bonds is 4. The van der Waals surface area contributed by atoms with Crippen LogP contribution in [0.2, 0.25) is 0 Å². The molecule has 0 spiro atoms. The lowest BCUT2D eigenvalue weighted by Crippen LogP contribution is -1.94. The third-order valence-corrected chi connectivity index (χ3v) is 2.27. The van der Waals surface area contributed by atoms with Crippen LogP contribution in [0, 0.1) is 5.92 Å². The third-order valence-electron chi connectivity index (χ3n) is 2.27. The lowest BCUT2D eigenvalue weighted by molar-refractivity contribution is -0.105. The van der Waals surface area contributed by atoms with Crippen LogP contribution < -0.4 is 0 Å². The van der Waals surface area contributed by atoms with E-state index in [1.807, 2.05) is 38.4 Å². The molecule has 0 saturated heterocycles. The molecule has 0 aliphatic heterocycles. The van der Waals surface area contributed by atoms with E-state index in [-0.39, 0.29) is 5.92 Å². The van der Waals surface area contributed by atoms with Gasteiger partial charge >= 0.3 is 0 Å². The standard InChI is InChI=1S/C12H17NO/c1-4-13-6-5-11(8-13)7-12(9-14)10(2)3/h5-10H,4H2,1-3H3. The molecule has 0 saturated carbocycles. The van der Waals surface area contributed by atoms with Crippen molar-refractivity contribution in [1.82, 2.24) is 4.57 Å². The molecule has 76 valence electrons. The average molecular weight is 191 g/mol. The summed E-state index contributed by atoms with van der Waals surface area (Å²) in [5.74, 6) is 0.289. The maximum atomic E-state index is 10.8. The van der Waals surface area contributed by atoms with Crippen LogP contribution in [-0.4, -0.2) is 10.9 Å². The van der Waals surface area contributed by atoms with E-state index in [1.54, 1.807) is 0 Å². The lowest BCUT2D eigenvalue weighted by atomic mass is 10.0. The topological polar surface area (TPSA) is 22.0 Å². The highest BCUT2D eigenvalue weighted by Crippen LogP contribution is 2.12. The van der Waals surface area contributed by atoms with Gasteiger partial charge in [0.2, 0.25) is 0 Å². The van der Waals surface area contributed by atoms with Crippen molar-refractivity contribution in [2.75, 3.05) is 0 Å². The summed E-state index contributed by atoms with van der Waals surface area (Å²) in [6, 6.07) is 2.02. The quantitative estimate of drug-likeness (QED) is 0.530. The second-order valence-electron chi connectivity index (χ2n) is 3.69. The van der Waals surface area contributed by atoms with Gasteiger partial charge in [-0.15, -0.1) is 0 Å². The Morgan fingerprint density at radius 2 is 2.29 bits per heavy atom.